The van der Waals surface area contributed by atoms with Crippen LogP contribution >= 0.6 is 0 Å². The van der Waals surface area contributed by atoms with E-state index >= 15 is 0 Å². The van der Waals surface area contributed by atoms with Crippen LogP contribution in [0.15, 0.2) is 24.4 Å². The lowest BCUT2D eigenvalue weighted by Gasteiger charge is -2.25. The van der Waals surface area contributed by atoms with Crippen LogP contribution in [0.5, 0.6) is 0 Å². The van der Waals surface area contributed by atoms with Gasteiger partial charge in [0, 0.05) is 42.9 Å². The maximum atomic E-state index is 13.0. The maximum Gasteiger partial charge on any atom is 0.435 e. The first kappa shape index (κ1) is 22.3. The number of alkyl halides is 3. The van der Waals surface area contributed by atoms with Gasteiger partial charge < -0.3 is 4.90 Å². The van der Waals surface area contributed by atoms with Crippen LogP contribution in [-0.4, -0.2) is 41.7 Å². The van der Waals surface area contributed by atoms with Crippen LogP contribution in [0.3, 0.4) is 0 Å². The summed E-state index contributed by atoms with van der Waals surface area (Å²) in [5.41, 5.74) is 1.86. The molecule has 0 N–H and O–H groups in total. The van der Waals surface area contributed by atoms with Crippen molar-refractivity contribution in [3.05, 3.63) is 47.2 Å². The highest BCUT2D eigenvalue weighted by Crippen LogP contribution is 2.33. The Kier molecular flexibility index (Phi) is 5.50. The first-order valence-electron chi connectivity index (χ1n) is 10.7. The Morgan fingerprint density at radius 1 is 1.16 bits per heavy atom. The van der Waals surface area contributed by atoms with Crippen LogP contribution < -0.4 is 0 Å². The van der Waals surface area contributed by atoms with Crippen LogP contribution in [0.25, 0.3) is 5.65 Å². The molecule has 3 aromatic heterocycles. The number of aryl methyl sites for hydroxylation is 2. The average Bonchev–Trinajstić information content (AvgIpc) is 3.42. The molecule has 0 radical (unpaired) electrons. The van der Waals surface area contributed by atoms with Crippen molar-refractivity contribution >= 4 is 11.6 Å². The average molecular weight is 448 g/mol. The number of likely N-dealkylation sites (tertiary alicyclic amines) is 1. The van der Waals surface area contributed by atoms with E-state index in [0.717, 1.165) is 35.9 Å². The molecule has 1 aliphatic heterocycles. The molecule has 1 aliphatic rings. The fourth-order valence-electron chi connectivity index (χ4n) is 4.13. The van der Waals surface area contributed by atoms with Gasteiger partial charge in [-0.25, -0.2) is 9.50 Å². The molecule has 0 unspecified atom stereocenters. The lowest BCUT2D eigenvalue weighted by molar-refractivity contribution is -0.141. The topological polar surface area (TPSA) is 68.3 Å². The SMILES string of the molecule is Cc1cc(C(F)(F)F)nn1CCC(=O)N1CCC[C@H]1c1ccnc2cc(C(C)(C)C)nn12. The van der Waals surface area contributed by atoms with Gasteiger partial charge in [0.25, 0.3) is 0 Å². The normalized spacial score (nSPS) is 17.5. The number of carbonyl (C=O) groups is 1. The van der Waals surface area contributed by atoms with Crippen LogP contribution in [-0.2, 0) is 22.9 Å². The number of amides is 1. The zero-order chi connectivity index (χ0) is 23.3. The Morgan fingerprint density at radius 2 is 1.91 bits per heavy atom. The van der Waals surface area contributed by atoms with Crippen molar-refractivity contribution in [3.8, 4) is 0 Å². The number of carbonyl (C=O) groups excluding carboxylic acids is 1. The number of hydrogen-bond acceptors (Lipinski definition) is 4. The smallest absolute Gasteiger partial charge is 0.334 e. The standard InChI is InChI=1S/C22H27F3N6O/c1-14-12-18(22(23,24)25)27-30(14)11-8-20(32)29-10-5-6-15(29)16-7-9-26-19-13-17(21(2,3)4)28-31(16)19/h7,9,12-13,15H,5-6,8,10-11H2,1-4H3/t15-/m0/s1. The Bertz CT molecular complexity index is 1140. The first-order valence-corrected chi connectivity index (χ1v) is 10.7. The monoisotopic (exact) mass is 448 g/mol. The molecule has 0 aliphatic carbocycles. The molecule has 1 amide bonds. The summed E-state index contributed by atoms with van der Waals surface area (Å²) in [5, 5.41) is 8.37. The minimum absolute atomic E-state index is 0.0802. The molecule has 32 heavy (non-hydrogen) atoms. The van der Waals surface area contributed by atoms with Crippen molar-refractivity contribution < 1.29 is 18.0 Å². The summed E-state index contributed by atoms with van der Waals surface area (Å²) in [6.07, 6.45) is -1.04. The van der Waals surface area contributed by atoms with E-state index in [-0.39, 0.29) is 30.3 Å². The fraction of sp³-hybridized carbons (Fsp3) is 0.545. The summed E-state index contributed by atoms with van der Waals surface area (Å²) in [4.78, 5) is 19.3. The molecule has 0 saturated carbocycles. The van der Waals surface area contributed by atoms with Crippen molar-refractivity contribution in [3.63, 3.8) is 0 Å². The van der Waals surface area contributed by atoms with Crippen molar-refractivity contribution in [2.75, 3.05) is 6.54 Å². The first-order chi connectivity index (χ1) is 14.9. The van der Waals surface area contributed by atoms with E-state index < -0.39 is 11.9 Å². The molecule has 0 bridgehead atoms. The largest absolute Gasteiger partial charge is 0.435 e. The third kappa shape index (κ3) is 4.22. The predicted molar refractivity (Wildman–Crippen MR) is 112 cm³/mol. The third-order valence-electron chi connectivity index (χ3n) is 5.88. The molecular formula is C22H27F3N6O. The summed E-state index contributed by atoms with van der Waals surface area (Å²) < 4.78 is 41.8. The van der Waals surface area contributed by atoms with Gasteiger partial charge in [0.15, 0.2) is 11.3 Å². The molecule has 1 saturated heterocycles. The van der Waals surface area contributed by atoms with Crippen LogP contribution in [0, 0.1) is 6.92 Å². The summed E-state index contributed by atoms with van der Waals surface area (Å²) in [7, 11) is 0. The fourth-order valence-corrected chi connectivity index (χ4v) is 4.13. The zero-order valence-corrected chi connectivity index (χ0v) is 18.6. The lowest BCUT2D eigenvalue weighted by Crippen LogP contribution is -2.32. The minimum atomic E-state index is -4.50. The number of rotatable bonds is 4. The molecule has 4 heterocycles. The second-order valence-corrected chi connectivity index (χ2v) is 9.31. The Morgan fingerprint density at radius 3 is 2.56 bits per heavy atom. The van der Waals surface area contributed by atoms with Crippen LogP contribution in [0.4, 0.5) is 13.2 Å². The van der Waals surface area contributed by atoms with Gasteiger partial charge in [-0.1, -0.05) is 20.8 Å². The van der Waals surface area contributed by atoms with Crippen LogP contribution in [0.2, 0.25) is 0 Å². The van der Waals surface area contributed by atoms with Gasteiger partial charge in [-0.15, -0.1) is 0 Å². The Hall–Kier alpha value is -2.91. The molecule has 0 aromatic carbocycles. The van der Waals surface area contributed by atoms with Gasteiger partial charge in [-0.05, 0) is 31.9 Å². The molecule has 1 atom stereocenters. The minimum Gasteiger partial charge on any atom is -0.334 e. The molecule has 1 fully saturated rings. The predicted octanol–water partition coefficient (Wildman–Crippen LogP) is 4.30. The quantitative estimate of drug-likeness (QED) is 0.597. The second kappa shape index (κ2) is 7.90. The highest BCUT2D eigenvalue weighted by atomic mass is 19.4. The molecule has 172 valence electrons. The number of halogens is 3. The van der Waals surface area contributed by atoms with E-state index in [1.54, 1.807) is 18.0 Å². The highest BCUT2D eigenvalue weighted by molar-refractivity contribution is 5.77. The van der Waals surface area contributed by atoms with E-state index in [9.17, 15) is 18.0 Å². The molecule has 0 spiro atoms. The van der Waals surface area contributed by atoms with E-state index in [4.69, 9.17) is 5.10 Å². The van der Waals surface area contributed by atoms with Crippen molar-refractivity contribution in [1.82, 2.24) is 29.3 Å². The summed E-state index contributed by atoms with van der Waals surface area (Å²) in [5.74, 6) is -0.107. The van der Waals surface area contributed by atoms with E-state index in [1.165, 1.54) is 4.68 Å². The number of fused-ring (bicyclic) bond motifs is 1. The molecule has 10 heteroatoms. The van der Waals surface area contributed by atoms with Crippen LogP contribution in [0.1, 0.15) is 68.9 Å². The van der Waals surface area contributed by atoms with Crippen molar-refractivity contribution in [2.24, 2.45) is 0 Å². The van der Waals surface area contributed by atoms with Gasteiger partial charge in [0.2, 0.25) is 5.91 Å². The van der Waals surface area contributed by atoms with E-state index in [0.29, 0.717) is 12.2 Å². The number of hydrogen-bond donors (Lipinski definition) is 0. The third-order valence-corrected chi connectivity index (χ3v) is 5.88. The highest BCUT2D eigenvalue weighted by Gasteiger charge is 2.35. The van der Waals surface area contributed by atoms with E-state index in [1.807, 2.05) is 16.6 Å². The maximum absolute atomic E-state index is 13.0. The van der Waals surface area contributed by atoms with Gasteiger partial charge in [0.05, 0.1) is 17.4 Å². The molecule has 3 aromatic rings. The summed E-state index contributed by atoms with van der Waals surface area (Å²) in [6, 6.07) is 4.70. The van der Waals surface area contributed by atoms with Gasteiger partial charge in [0.1, 0.15) is 0 Å². The zero-order valence-electron chi connectivity index (χ0n) is 18.6. The number of nitrogens with zero attached hydrogens (tertiary/aromatic N) is 6. The van der Waals surface area contributed by atoms with Gasteiger partial charge >= 0.3 is 6.18 Å². The lowest BCUT2D eigenvalue weighted by atomic mass is 9.93. The Labute approximate surface area is 184 Å². The molecular weight excluding hydrogens is 421 g/mol. The summed E-state index contributed by atoms with van der Waals surface area (Å²) in [6.45, 7) is 8.52. The molecule has 4 rings (SSSR count). The summed E-state index contributed by atoms with van der Waals surface area (Å²) >= 11 is 0. The van der Waals surface area contributed by atoms with Crippen molar-refractivity contribution in [2.45, 2.75) is 71.1 Å². The number of aromatic nitrogens is 5. The Balaban J connectivity index is 1.54. The van der Waals surface area contributed by atoms with Gasteiger partial charge in [-0.2, -0.15) is 23.4 Å². The van der Waals surface area contributed by atoms with E-state index in [2.05, 4.69) is 30.9 Å². The van der Waals surface area contributed by atoms with Gasteiger partial charge in [-0.3, -0.25) is 9.48 Å². The second-order valence-electron chi connectivity index (χ2n) is 9.31. The van der Waals surface area contributed by atoms with Crippen molar-refractivity contribution in [1.29, 1.82) is 0 Å². The molecule has 7 nitrogen and oxygen atoms in total.